The Bertz CT molecular complexity index is 1320. The molecule has 0 spiro atoms. The summed E-state index contributed by atoms with van der Waals surface area (Å²) in [4.78, 5) is 52.2. The van der Waals surface area contributed by atoms with Gasteiger partial charge in [-0.05, 0) is 11.1 Å². The molecule has 2 aromatic rings. The predicted octanol–water partition coefficient (Wildman–Crippen LogP) is 3.53. The third-order valence-electron chi connectivity index (χ3n) is 5.81. The van der Waals surface area contributed by atoms with Gasteiger partial charge in [-0.15, -0.1) is 0 Å². The molecule has 0 radical (unpaired) electrons. The van der Waals surface area contributed by atoms with Crippen LogP contribution in [-0.2, 0) is 28.7 Å². The van der Waals surface area contributed by atoms with E-state index in [4.69, 9.17) is 26.3 Å². The molecule has 2 aliphatic rings. The highest BCUT2D eigenvalue weighted by Gasteiger charge is 2.56. The topological polar surface area (TPSA) is 126 Å². The first kappa shape index (κ1) is 27.0. The van der Waals surface area contributed by atoms with Gasteiger partial charge in [0.1, 0.15) is 30.1 Å². The Morgan fingerprint density at radius 2 is 1.74 bits per heavy atom. The molecule has 9 nitrogen and oxygen atoms in total. The smallest absolute Gasteiger partial charge is 0.356 e. The molecule has 1 N–H and O–H groups in total. The van der Waals surface area contributed by atoms with E-state index in [2.05, 4.69) is 5.32 Å². The van der Waals surface area contributed by atoms with Gasteiger partial charge < -0.3 is 14.8 Å². The third-order valence-corrected chi connectivity index (χ3v) is 7.50. The highest BCUT2D eigenvalue weighted by atomic mass is 35.5. The first-order valence-corrected chi connectivity index (χ1v) is 12.8. The first-order chi connectivity index (χ1) is 18.3. The highest BCUT2D eigenvalue weighted by molar-refractivity contribution is 8.04. The van der Waals surface area contributed by atoms with Crippen LogP contribution < -0.4 is 5.32 Å². The van der Waals surface area contributed by atoms with E-state index >= 15 is 0 Å². The summed E-state index contributed by atoms with van der Waals surface area (Å²) in [5.41, 5.74) is 2.71. The molecule has 0 aliphatic carbocycles. The standard InChI is InChI=1S/C27H22ClN3O6S/c1-16(32)36-15-19-20(14-28)38-26-22(30-21(33)12-13-29)25(34)31(26)23(19)27(35)37-24(17-8-4-2-5-9-17)18-10-6-3-7-11-18/h2-11,14,22,24,26H,12,15H2,1H3,(H,30,33)/b20-14-. The number of esters is 2. The fourth-order valence-corrected chi connectivity index (χ4v) is 5.62. The average Bonchev–Trinajstić information content (AvgIpc) is 2.93. The van der Waals surface area contributed by atoms with Crippen LogP contribution in [0.4, 0.5) is 0 Å². The maximum atomic E-state index is 13.8. The van der Waals surface area contributed by atoms with E-state index in [1.165, 1.54) is 17.4 Å². The number of benzene rings is 2. The number of thioether (sulfide) groups is 1. The summed E-state index contributed by atoms with van der Waals surface area (Å²) >= 11 is 7.22. The molecule has 1 saturated heterocycles. The number of fused-ring (bicyclic) bond motifs is 1. The molecular weight excluding hydrogens is 530 g/mol. The lowest BCUT2D eigenvalue weighted by atomic mass is 10.00. The lowest BCUT2D eigenvalue weighted by molar-refractivity contribution is -0.154. The Balaban J connectivity index is 1.73. The molecule has 2 heterocycles. The van der Waals surface area contributed by atoms with Gasteiger partial charge in [0.25, 0.3) is 5.91 Å². The van der Waals surface area contributed by atoms with Crippen molar-refractivity contribution in [3.8, 4) is 6.07 Å². The van der Waals surface area contributed by atoms with Crippen molar-refractivity contribution >= 4 is 47.1 Å². The van der Waals surface area contributed by atoms with E-state index in [1.54, 1.807) is 6.07 Å². The van der Waals surface area contributed by atoms with E-state index in [1.807, 2.05) is 60.7 Å². The van der Waals surface area contributed by atoms with Gasteiger partial charge in [0.05, 0.1) is 6.07 Å². The monoisotopic (exact) mass is 551 g/mol. The fourth-order valence-electron chi connectivity index (χ4n) is 4.09. The van der Waals surface area contributed by atoms with Crippen LogP contribution in [0.25, 0.3) is 0 Å². The summed E-state index contributed by atoms with van der Waals surface area (Å²) in [7, 11) is 0. The van der Waals surface area contributed by atoms with Crippen molar-refractivity contribution in [1.82, 2.24) is 10.2 Å². The number of rotatable bonds is 8. The number of nitrogens with one attached hydrogen (secondary N) is 1. The summed E-state index contributed by atoms with van der Waals surface area (Å²) in [6, 6.07) is 19.0. The van der Waals surface area contributed by atoms with E-state index in [0.29, 0.717) is 16.0 Å². The lowest BCUT2D eigenvalue weighted by Crippen LogP contribution is -2.70. The minimum absolute atomic E-state index is 0.130. The molecule has 1 fully saturated rings. The number of β-lactam (4-membered cyclic amide) rings is 1. The van der Waals surface area contributed by atoms with Crippen molar-refractivity contribution < 1.29 is 28.7 Å². The lowest BCUT2D eigenvalue weighted by Gasteiger charge is -2.50. The van der Waals surface area contributed by atoms with Crippen molar-refractivity contribution in [3.63, 3.8) is 0 Å². The SMILES string of the molecule is CC(=O)OCC1=C(C(=O)OC(c2ccccc2)c2ccccc2)N2C(=O)C(NC(=O)CC#N)C2S/C1=C\Cl. The van der Waals surface area contributed by atoms with Crippen molar-refractivity contribution in [2.75, 3.05) is 6.61 Å². The Morgan fingerprint density at radius 1 is 1.13 bits per heavy atom. The molecule has 0 aromatic heterocycles. The van der Waals surface area contributed by atoms with Crippen LogP contribution >= 0.6 is 23.4 Å². The number of nitriles is 1. The number of hydrogen-bond donors (Lipinski definition) is 1. The first-order valence-electron chi connectivity index (χ1n) is 11.5. The number of amides is 2. The number of ether oxygens (including phenoxy) is 2. The molecule has 2 unspecified atom stereocenters. The molecule has 11 heteroatoms. The molecule has 0 saturated carbocycles. The summed E-state index contributed by atoms with van der Waals surface area (Å²) in [6.07, 6.45) is -1.22. The van der Waals surface area contributed by atoms with Crippen molar-refractivity contribution in [2.24, 2.45) is 0 Å². The zero-order chi connectivity index (χ0) is 27.2. The second-order valence-corrected chi connectivity index (χ2v) is 9.66. The Morgan fingerprint density at radius 3 is 2.26 bits per heavy atom. The molecule has 2 atom stereocenters. The Kier molecular flexibility index (Phi) is 8.51. The number of carbonyl (C=O) groups is 4. The molecular formula is C27H22ClN3O6S. The van der Waals surface area contributed by atoms with Gasteiger partial charge in [0.2, 0.25) is 5.91 Å². The van der Waals surface area contributed by atoms with Gasteiger partial charge >= 0.3 is 11.9 Å². The minimum Gasteiger partial charge on any atom is -0.461 e. The van der Waals surface area contributed by atoms with Crippen LogP contribution in [0.1, 0.15) is 30.6 Å². The number of carbonyl (C=O) groups excluding carboxylic acids is 4. The minimum atomic E-state index is -0.982. The zero-order valence-corrected chi connectivity index (χ0v) is 21.7. The van der Waals surface area contributed by atoms with Crippen LogP contribution in [-0.4, -0.2) is 46.7 Å². The highest BCUT2D eigenvalue weighted by Crippen LogP contribution is 2.47. The Labute approximate surface area is 228 Å². The van der Waals surface area contributed by atoms with Crippen LogP contribution in [0.5, 0.6) is 0 Å². The van der Waals surface area contributed by atoms with Gasteiger partial charge in [-0.1, -0.05) is 84.0 Å². The van der Waals surface area contributed by atoms with Crippen molar-refractivity contribution in [2.45, 2.75) is 30.9 Å². The summed E-state index contributed by atoms with van der Waals surface area (Å²) in [5.74, 6) is -2.60. The largest absolute Gasteiger partial charge is 0.461 e. The van der Waals surface area contributed by atoms with Crippen molar-refractivity contribution in [1.29, 1.82) is 5.26 Å². The van der Waals surface area contributed by atoms with Gasteiger partial charge in [0.15, 0.2) is 6.10 Å². The molecule has 2 aliphatic heterocycles. The second kappa shape index (κ2) is 12.0. The molecule has 2 amide bonds. The fraction of sp³-hybridized carbons (Fsp3) is 0.222. The molecule has 38 heavy (non-hydrogen) atoms. The van der Waals surface area contributed by atoms with Gasteiger partial charge in [-0.25, -0.2) is 4.79 Å². The van der Waals surface area contributed by atoms with Gasteiger partial charge in [-0.3, -0.25) is 19.3 Å². The van der Waals surface area contributed by atoms with Crippen LogP contribution in [0, 0.1) is 11.3 Å². The molecule has 0 bridgehead atoms. The average molecular weight is 552 g/mol. The number of nitrogens with zero attached hydrogens (tertiary/aromatic N) is 2. The Hall–Kier alpha value is -4.07. The third kappa shape index (κ3) is 5.59. The summed E-state index contributed by atoms with van der Waals surface area (Å²) < 4.78 is 11.2. The maximum absolute atomic E-state index is 13.8. The number of halogens is 1. The van der Waals surface area contributed by atoms with Crippen LogP contribution in [0.3, 0.4) is 0 Å². The van der Waals surface area contributed by atoms with Crippen LogP contribution in [0.15, 0.2) is 82.4 Å². The van der Waals surface area contributed by atoms with Gasteiger partial charge in [-0.2, -0.15) is 5.26 Å². The maximum Gasteiger partial charge on any atom is 0.356 e. The normalized spacial score (nSPS) is 19.4. The zero-order valence-electron chi connectivity index (χ0n) is 20.1. The van der Waals surface area contributed by atoms with Crippen LogP contribution in [0.2, 0.25) is 0 Å². The second-order valence-electron chi connectivity index (χ2n) is 8.28. The predicted molar refractivity (Wildman–Crippen MR) is 139 cm³/mol. The number of hydrogen-bond acceptors (Lipinski definition) is 8. The molecule has 4 rings (SSSR count). The summed E-state index contributed by atoms with van der Waals surface area (Å²) in [6.45, 7) is 0.895. The van der Waals surface area contributed by atoms with Crippen molar-refractivity contribution in [3.05, 3.63) is 93.5 Å². The van der Waals surface area contributed by atoms with E-state index in [0.717, 1.165) is 11.8 Å². The molecule has 2 aromatic carbocycles. The van der Waals surface area contributed by atoms with E-state index in [-0.39, 0.29) is 17.9 Å². The quantitative estimate of drug-likeness (QED) is 0.390. The summed E-state index contributed by atoms with van der Waals surface area (Å²) in [5, 5.41) is 10.6. The molecule has 194 valence electrons. The van der Waals surface area contributed by atoms with Gasteiger partial charge in [0, 0.05) is 22.9 Å². The van der Waals surface area contributed by atoms with E-state index in [9.17, 15) is 19.2 Å². The van der Waals surface area contributed by atoms with E-state index < -0.39 is 47.7 Å².